The quantitative estimate of drug-likeness (QED) is 0.443. The molecular formula is C26H34N4O4. The van der Waals surface area contributed by atoms with Gasteiger partial charge in [-0.2, -0.15) is 0 Å². The number of hydrogen-bond acceptors (Lipinski definition) is 5. The number of methoxy groups -OCH3 is 2. The number of fused-ring (bicyclic) bond motifs is 1. The Morgan fingerprint density at radius 2 is 1.85 bits per heavy atom. The summed E-state index contributed by atoms with van der Waals surface area (Å²) >= 11 is 0. The van der Waals surface area contributed by atoms with Gasteiger partial charge in [0.1, 0.15) is 12.4 Å². The number of para-hydroxylation sites is 2. The van der Waals surface area contributed by atoms with Crippen molar-refractivity contribution in [1.29, 1.82) is 0 Å². The molecule has 2 aromatic carbocycles. The topological polar surface area (TPSA) is 85.7 Å². The number of carbonyl (C=O) groups is 2. The first-order valence-electron chi connectivity index (χ1n) is 11.6. The molecule has 0 unspecified atom stereocenters. The number of nitrogens with zero attached hydrogens (tertiary/aromatic N) is 3. The Kier molecular flexibility index (Phi) is 8.90. The van der Waals surface area contributed by atoms with E-state index in [1.165, 1.54) is 0 Å². The Morgan fingerprint density at radius 3 is 2.59 bits per heavy atom. The molecule has 0 bridgehead atoms. The lowest BCUT2D eigenvalue weighted by Gasteiger charge is -2.18. The van der Waals surface area contributed by atoms with Crippen molar-refractivity contribution in [3.05, 3.63) is 53.9 Å². The van der Waals surface area contributed by atoms with Gasteiger partial charge in [-0.3, -0.25) is 9.59 Å². The first-order valence-corrected chi connectivity index (χ1v) is 11.6. The highest BCUT2D eigenvalue weighted by atomic mass is 16.5. The molecule has 182 valence electrons. The van der Waals surface area contributed by atoms with E-state index in [4.69, 9.17) is 14.5 Å². The predicted molar refractivity (Wildman–Crippen MR) is 132 cm³/mol. The number of benzene rings is 2. The maximum atomic E-state index is 12.8. The molecule has 8 nitrogen and oxygen atoms in total. The Balaban J connectivity index is 1.64. The first kappa shape index (κ1) is 25.1. The summed E-state index contributed by atoms with van der Waals surface area (Å²) in [4.78, 5) is 31.8. The van der Waals surface area contributed by atoms with Gasteiger partial charge >= 0.3 is 0 Å². The van der Waals surface area contributed by atoms with E-state index in [-0.39, 0.29) is 24.8 Å². The van der Waals surface area contributed by atoms with Gasteiger partial charge in [-0.25, -0.2) is 4.98 Å². The number of hydrogen-bond donors (Lipinski definition) is 1. The number of aromatic nitrogens is 2. The number of likely N-dealkylation sites (N-methyl/N-ethyl adjacent to an activating group) is 1. The van der Waals surface area contributed by atoms with Crippen LogP contribution in [-0.4, -0.2) is 60.6 Å². The molecule has 0 spiro atoms. The average Bonchev–Trinajstić information content (AvgIpc) is 3.19. The lowest BCUT2D eigenvalue weighted by molar-refractivity contribution is -0.130. The van der Waals surface area contributed by atoms with Gasteiger partial charge in [-0.15, -0.1) is 0 Å². The van der Waals surface area contributed by atoms with Crippen molar-refractivity contribution in [2.75, 3.05) is 34.4 Å². The summed E-state index contributed by atoms with van der Waals surface area (Å²) in [6, 6.07) is 13.2. The highest BCUT2D eigenvalue weighted by Gasteiger charge is 2.16. The SMILES string of the molecule is CCCCN(C)C(=O)Cn1c(CCNC(=O)Cc2ccc(OC)c(OC)c2)nc2ccccc21. The summed E-state index contributed by atoms with van der Waals surface area (Å²) in [7, 11) is 4.99. The number of rotatable bonds is 12. The van der Waals surface area contributed by atoms with Crippen LogP contribution >= 0.6 is 0 Å². The van der Waals surface area contributed by atoms with Crippen LogP contribution in [0.2, 0.25) is 0 Å². The Labute approximate surface area is 200 Å². The molecule has 1 aromatic heterocycles. The van der Waals surface area contributed by atoms with E-state index in [1.54, 1.807) is 31.3 Å². The zero-order valence-corrected chi connectivity index (χ0v) is 20.5. The third kappa shape index (κ3) is 6.27. The van der Waals surface area contributed by atoms with Gasteiger partial charge in [-0.05, 0) is 36.2 Å². The van der Waals surface area contributed by atoms with Crippen LogP contribution in [0, 0.1) is 0 Å². The summed E-state index contributed by atoms with van der Waals surface area (Å²) in [6.45, 7) is 3.51. The molecule has 0 saturated heterocycles. The largest absolute Gasteiger partial charge is 0.493 e. The van der Waals surface area contributed by atoms with E-state index in [9.17, 15) is 9.59 Å². The van der Waals surface area contributed by atoms with E-state index in [1.807, 2.05) is 41.9 Å². The minimum atomic E-state index is -0.0924. The molecule has 2 amide bonds. The molecule has 3 aromatic rings. The van der Waals surface area contributed by atoms with Crippen LogP contribution < -0.4 is 14.8 Å². The predicted octanol–water partition coefficient (Wildman–Crippen LogP) is 3.21. The first-order chi connectivity index (χ1) is 16.5. The molecular weight excluding hydrogens is 432 g/mol. The van der Waals surface area contributed by atoms with Gasteiger partial charge in [0.2, 0.25) is 11.8 Å². The van der Waals surface area contributed by atoms with Gasteiger partial charge in [-0.1, -0.05) is 31.5 Å². The highest BCUT2D eigenvalue weighted by molar-refractivity contribution is 5.81. The van der Waals surface area contributed by atoms with Crippen molar-refractivity contribution in [3.63, 3.8) is 0 Å². The van der Waals surface area contributed by atoms with Crippen molar-refractivity contribution < 1.29 is 19.1 Å². The second-order valence-electron chi connectivity index (χ2n) is 8.24. The van der Waals surface area contributed by atoms with E-state index in [0.29, 0.717) is 24.5 Å². The number of amides is 2. The summed E-state index contributed by atoms with van der Waals surface area (Å²) in [6.07, 6.45) is 2.78. The molecule has 0 aliphatic rings. The van der Waals surface area contributed by atoms with Crippen LogP contribution in [0.3, 0.4) is 0 Å². The van der Waals surface area contributed by atoms with Crippen molar-refractivity contribution in [3.8, 4) is 11.5 Å². The maximum absolute atomic E-state index is 12.8. The molecule has 3 rings (SSSR count). The summed E-state index contributed by atoms with van der Waals surface area (Å²) < 4.78 is 12.5. The van der Waals surface area contributed by atoms with Crippen LogP contribution in [0.4, 0.5) is 0 Å². The lowest BCUT2D eigenvalue weighted by Crippen LogP contribution is -2.32. The van der Waals surface area contributed by atoms with Crippen molar-refractivity contribution >= 4 is 22.8 Å². The van der Waals surface area contributed by atoms with Crippen molar-refractivity contribution in [1.82, 2.24) is 19.8 Å². The number of imidazole rings is 1. The second kappa shape index (κ2) is 12.1. The maximum Gasteiger partial charge on any atom is 0.242 e. The van der Waals surface area contributed by atoms with E-state index >= 15 is 0 Å². The third-order valence-electron chi connectivity index (χ3n) is 5.78. The van der Waals surface area contributed by atoms with Gasteiger partial charge in [0, 0.05) is 26.6 Å². The van der Waals surface area contributed by atoms with Crippen LogP contribution in [0.5, 0.6) is 11.5 Å². The second-order valence-corrected chi connectivity index (χ2v) is 8.24. The molecule has 0 aliphatic carbocycles. The fraction of sp³-hybridized carbons (Fsp3) is 0.423. The van der Waals surface area contributed by atoms with Crippen molar-refractivity contribution in [2.45, 2.75) is 39.2 Å². The number of ether oxygens (including phenoxy) is 2. The van der Waals surface area contributed by atoms with Gasteiger partial charge in [0.15, 0.2) is 11.5 Å². The minimum Gasteiger partial charge on any atom is -0.493 e. The van der Waals surface area contributed by atoms with Crippen LogP contribution in [0.1, 0.15) is 31.2 Å². The van der Waals surface area contributed by atoms with Gasteiger partial charge in [0.05, 0.1) is 31.7 Å². The summed E-state index contributed by atoms with van der Waals surface area (Å²) in [5.74, 6) is 1.96. The molecule has 1 heterocycles. The standard InChI is InChI=1S/C26H34N4O4/c1-5-6-15-29(2)26(32)18-30-21-10-8-7-9-20(21)28-24(30)13-14-27-25(31)17-19-11-12-22(33-3)23(16-19)34-4/h7-12,16H,5-6,13-15,17-18H2,1-4H3,(H,27,31). The zero-order valence-electron chi connectivity index (χ0n) is 20.5. The molecule has 0 fully saturated rings. The van der Waals surface area contributed by atoms with Crippen molar-refractivity contribution in [2.24, 2.45) is 0 Å². The highest BCUT2D eigenvalue weighted by Crippen LogP contribution is 2.27. The molecule has 0 radical (unpaired) electrons. The van der Waals surface area contributed by atoms with E-state index < -0.39 is 0 Å². The van der Waals surface area contributed by atoms with E-state index in [0.717, 1.165) is 41.8 Å². The monoisotopic (exact) mass is 466 g/mol. The molecule has 0 saturated carbocycles. The average molecular weight is 467 g/mol. The fourth-order valence-corrected chi connectivity index (χ4v) is 3.82. The molecule has 0 atom stereocenters. The Bertz CT molecular complexity index is 1130. The van der Waals surface area contributed by atoms with Gasteiger partial charge in [0.25, 0.3) is 0 Å². The van der Waals surface area contributed by atoms with E-state index in [2.05, 4.69) is 12.2 Å². The summed E-state index contributed by atoms with van der Waals surface area (Å²) in [5.41, 5.74) is 2.60. The fourth-order valence-electron chi connectivity index (χ4n) is 3.82. The molecule has 1 N–H and O–H groups in total. The number of unbranched alkanes of at least 4 members (excludes halogenated alkanes) is 1. The molecule has 8 heteroatoms. The minimum absolute atomic E-state index is 0.0512. The smallest absolute Gasteiger partial charge is 0.242 e. The normalized spacial score (nSPS) is 10.8. The van der Waals surface area contributed by atoms with Crippen LogP contribution in [-0.2, 0) is 29.0 Å². The Hall–Kier alpha value is -3.55. The molecule has 0 aliphatic heterocycles. The lowest BCUT2D eigenvalue weighted by atomic mass is 10.1. The van der Waals surface area contributed by atoms with Crippen LogP contribution in [0.25, 0.3) is 11.0 Å². The third-order valence-corrected chi connectivity index (χ3v) is 5.78. The Morgan fingerprint density at radius 1 is 1.09 bits per heavy atom. The number of nitrogens with one attached hydrogen (secondary N) is 1. The molecule has 34 heavy (non-hydrogen) atoms. The number of carbonyl (C=O) groups excluding carboxylic acids is 2. The summed E-state index contributed by atoms with van der Waals surface area (Å²) in [5, 5.41) is 2.96. The zero-order chi connectivity index (χ0) is 24.5. The van der Waals surface area contributed by atoms with Gasteiger partial charge < -0.3 is 24.3 Å². The van der Waals surface area contributed by atoms with Crippen LogP contribution in [0.15, 0.2) is 42.5 Å².